The number of amides is 2. The van der Waals surface area contributed by atoms with E-state index in [9.17, 15) is 19.5 Å². The minimum absolute atomic E-state index is 0.0223. The number of aromatic nitrogens is 1. The lowest BCUT2D eigenvalue weighted by atomic mass is 10.0. The van der Waals surface area contributed by atoms with Crippen molar-refractivity contribution >= 4 is 36.9 Å². The third-order valence-corrected chi connectivity index (χ3v) is 20.0. The molecule has 1 aromatic heterocycles. The summed E-state index contributed by atoms with van der Waals surface area (Å²) in [6.07, 6.45) is 7.58. The Balaban J connectivity index is 0.736. The molecule has 70 heavy (non-hydrogen) atoms. The highest BCUT2D eigenvalue weighted by molar-refractivity contribution is 6.74. The molecule has 374 valence electrons. The molecule has 3 aliphatic rings. The van der Waals surface area contributed by atoms with Crippen molar-refractivity contribution in [1.29, 1.82) is 0 Å². The molecule has 1 aliphatic heterocycles. The molecule has 8 rings (SSSR count). The third-order valence-electron chi connectivity index (χ3n) is 15.5. The molecule has 12 nitrogen and oxygen atoms in total. The van der Waals surface area contributed by atoms with Gasteiger partial charge in [0.1, 0.15) is 11.9 Å². The summed E-state index contributed by atoms with van der Waals surface area (Å²) in [5, 5.41) is 18.0. The van der Waals surface area contributed by atoms with Gasteiger partial charge in [-0.15, -0.1) is 0 Å². The second-order valence-corrected chi connectivity index (χ2v) is 26.1. The van der Waals surface area contributed by atoms with E-state index in [0.717, 1.165) is 98.8 Å². The number of phenolic OH excluding ortho intramolecular Hbond substituents is 1. The van der Waals surface area contributed by atoms with E-state index >= 15 is 0 Å². The van der Waals surface area contributed by atoms with Crippen LogP contribution in [0.15, 0.2) is 108 Å². The number of hydrogen-bond donors (Lipinski definition) is 4. The van der Waals surface area contributed by atoms with E-state index in [4.69, 9.17) is 13.9 Å². The van der Waals surface area contributed by atoms with Gasteiger partial charge >= 0.3 is 6.09 Å². The molecular formula is C57H75N5O7Si. The van der Waals surface area contributed by atoms with Gasteiger partial charge in [-0.25, -0.2) is 4.79 Å². The maximum Gasteiger partial charge on any atom is 0.411 e. The van der Waals surface area contributed by atoms with E-state index in [1.807, 2.05) is 60.7 Å². The van der Waals surface area contributed by atoms with Gasteiger partial charge in [-0.1, -0.05) is 112 Å². The molecule has 4 atom stereocenters. The number of carbonyl (C=O) groups is 2. The summed E-state index contributed by atoms with van der Waals surface area (Å²) < 4.78 is 19.0. The number of para-hydroxylation sites is 1. The fourth-order valence-corrected chi connectivity index (χ4v) is 11.8. The number of pyridine rings is 1. The van der Waals surface area contributed by atoms with Gasteiger partial charge in [0.25, 0.3) is 0 Å². The number of benzene rings is 4. The molecule has 0 radical (unpaired) electrons. The second kappa shape index (κ2) is 23.3. The van der Waals surface area contributed by atoms with Crippen LogP contribution in [0, 0.1) is 11.8 Å². The van der Waals surface area contributed by atoms with Crippen molar-refractivity contribution in [2.24, 2.45) is 11.8 Å². The fourth-order valence-electron chi connectivity index (χ4n) is 10.6. The molecule has 2 amide bonds. The molecule has 2 unspecified atom stereocenters. The molecule has 13 heteroatoms. The van der Waals surface area contributed by atoms with Crippen LogP contribution in [0.3, 0.4) is 0 Å². The van der Waals surface area contributed by atoms with E-state index in [1.54, 1.807) is 12.1 Å². The average molecular weight is 970 g/mol. The van der Waals surface area contributed by atoms with Crippen LogP contribution in [-0.4, -0.2) is 105 Å². The van der Waals surface area contributed by atoms with Crippen LogP contribution >= 0.6 is 0 Å². The number of phenols is 1. The van der Waals surface area contributed by atoms with E-state index in [-0.39, 0.29) is 46.6 Å². The van der Waals surface area contributed by atoms with E-state index < -0.39 is 8.32 Å². The van der Waals surface area contributed by atoms with Gasteiger partial charge in [-0.05, 0) is 109 Å². The molecule has 1 saturated heterocycles. The predicted molar refractivity (Wildman–Crippen MR) is 282 cm³/mol. The lowest BCUT2D eigenvalue weighted by molar-refractivity contribution is -0.134. The van der Waals surface area contributed by atoms with Gasteiger partial charge in [0, 0.05) is 62.3 Å². The van der Waals surface area contributed by atoms with E-state index in [2.05, 4.69) is 83.5 Å². The maximum absolute atomic E-state index is 13.7. The molecule has 0 bridgehead atoms. The van der Waals surface area contributed by atoms with Crippen LogP contribution in [-0.2, 0) is 31.5 Å². The number of nitrogens with zero attached hydrogens (tertiary/aromatic N) is 2. The summed E-state index contributed by atoms with van der Waals surface area (Å²) in [7, 11) is -2.23. The summed E-state index contributed by atoms with van der Waals surface area (Å²) >= 11 is 0. The first-order valence-corrected chi connectivity index (χ1v) is 28.6. The number of carbonyl (C=O) groups excluding carboxylic acids is 2. The van der Waals surface area contributed by atoms with Gasteiger partial charge in [0.15, 0.2) is 8.32 Å². The number of fused-ring (bicyclic) bond motifs is 2. The zero-order chi connectivity index (χ0) is 49.3. The van der Waals surface area contributed by atoms with Crippen molar-refractivity contribution in [3.63, 3.8) is 0 Å². The first-order valence-electron chi connectivity index (χ1n) is 25.7. The van der Waals surface area contributed by atoms with Gasteiger partial charge in [0.2, 0.25) is 11.5 Å². The Morgan fingerprint density at radius 1 is 0.857 bits per heavy atom. The first-order chi connectivity index (χ1) is 33.7. The van der Waals surface area contributed by atoms with Crippen molar-refractivity contribution in [3.8, 4) is 16.9 Å². The predicted octanol–water partition coefficient (Wildman–Crippen LogP) is 10.5. The number of anilines is 1. The Labute approximate surface area is 415 Å². The summed E-state index contributed by atoms with van der Waals surface area (Å²) in [5.41, 5.74) is 6.40. The van der Waals surface area contributed by atoms with Crippen LogP contribution in [0.5, 0.6) is 5.75 Å². The molecule has 3 fully saturated rings. The molecular weight excluding hydrogens is 895 g/mol. The standard InChI is InChI=1S/C57H75N5O7Si/c1-57(2,3)70(4,5)69-52(48-23-25-51(63)55-49(48)24-26-53(64)60-55)37-58-30-32-62(45-15-9-10-16-45)54(65)29-34-67-33-28-41-21-19-40(20-22-41)27-31-61-38-43-35-46(36-44(43)39-61)68-56(66)59-50-18-12-11-17-47(50)42-13-7-6-8-14-42/h6-8,11-14,17-26,43-46,52,58,63H,9-10,15-16,27-39H2,1-5H3,(H,59,66)(H,60,64)/t43-,44?,46?,52-/m0/s1. The SMILES string of the molecule is CC(C)(C)[Si](C)(C)O[C@@H](CNCCN(C(=O)CCOCCc1ccc(CCN2CC3CC(OC(=O)Nc4ccccc4-c4ccccc4)C[C@H]3C2)cc1)C1CCCC1)c1ccc(O)c2[nH]c(=O)ccc12. The molecule has 0 spiro atoms. The Bertz CT molecular complexity index is 2560. The monoisotopic (exact) mass is 970 g/mol. The second-order valence-electron chi connectivity index (χ2n) is 21.4. The summed E-state index contributed by atoms with van der Waals surface area (Å²) in [5.74, 6) is 1.28. The van der Waals surface area contributed by atoms with Crippen LogP contribution in [0.2, 0.25) is 18.1 Å². The van der Waals surface area contributed by atoms with E-state index in [0.29, 0.717) is 56.6 Å². The lowest BCUT2D eigenvalue weighted by Crippen LogP contribution is -2.45. The average Bonchev–Trinajstić information content (AvgIpc) is 4.09. The lowest BCUT2D eigenvalue weighted by Gasteiger charge is -2.40. The maximum atomic E-state index is 13.7. The number of rotatable bonds is 21. The molecule has 2 heterocycles. The van der Waals surface area contributed by atoms with Crippen LogP contribution in [0.25, 0.3) is 22.0 Å². The largest absolute Gasteiger partial charge is 0.506 e. The van der Waals surface area contributed by atoms with Gasteiger partial charge in [-0.3, -0.25) is 14.9 Å². The Morgan fingerprint density at radius 3 is 2.26 bits per heavy atom. The van der Waals surface area contributed by atoms with Crippen LogP contribution < -0.4 is 16.2 Å². The minimum Gasteiger partial charge on any atom is -0.506 e. The number of nitrogens with one attached hydrogen (secondary N) is 3. The van der Waals surface area contributed by atoms with Crippen molar-refractivity contribution in [2.45, 2.75) is 115 Å². The number of aromatic hydroxyl groups is 1. The first kappa shape index (κ1) is 51.1. The van der Waals surface area contributed by atoms with Crippen molar-refractivity contribution in [3.05, 3.63) is 130 Å². The number of likely N-dealkylation sites (tertiary alicyclic amines) is 1. The summed E-state index contributed by atoms with van der Waals surface area (Å²) in [6.45, 7) is 16.9. The normalized spacial score (nSPS) is 19.1. The third kappa shape index (κ3) is 13.1. The van der Waals surface area contributed by atoms with Crippen molar-refractivity contribution in [2.75, 3.05) is 57.8 Å². The number of aromatic amines is 1. The molecule has 2 aliphatic carbocycles. The highest BCUT2D eigenvalue weighted by Gasteiger charge is 2.42. The number of H-pyrrole nitrogens is 1. The molecule has 5 aromatic rings. The molecule has 2 saturated carbocycles. The van der Waals surface area contributed by atoms with Gasteiger partial charge in [0.05, 0.1) is 36.9 Å². The fraction of sp³-hybridized carbons (Fsp3) is 0.491. The van der Waals surface area contributed by atoms with Crippen LogP contribution in [0.1, 0.15) is 88.5 Å². The number of ether oxygens (including phenoxy) is 2. The Hall–Kier alpha value is -5.31. The van der Waals surface area contributed by atoms with Crippen molar-refractivity contribution in [1.82, 2.24) is 20.1 Å². The van der Waals surface area contributed by atoms with Crippen LogP contribution in [0.4, 0.5) is 10.5 Å². The molecule has 4 N–H and O–H groups in total. The minimum atomic E-state index is -2.23. The number of hydrogen-bond acceptors (Lipinski definition) is 9. The zero-order valence-electron chi connectivity index (χ0n) is 42.0. The topological polar surface area (TPSA) is 145 Å². The van der Waals surface area contributed by atoms with Gasteiger partial charge in [-0.2, -0.15) is 0 Å². The van der Waals surface area contributed by atoms with Crippen molar-refractivity contribution < 1.29 is 28.6 Å². The Kier molecular flexibility index (Phi) is 17.0. The quantitative estimate of drug-likeness (QED) is 0.0417. The van der Waals surface area contributed by atoms with Gasteiger partial charge < -0.3 is 39.1 Å². The highest BCUT2D eigenvalue weighted by Crippen LogP contribution is 2.42. The summed E-state index contributed by atoms with van der Waals surface area (Å²) in [4.78, 5) is 46.3. The Morgan fingerprint density at radius 2 is 1.54 bits per heavy atom. The zero-order valence-corrected chi connectivity index (χ0v) is 43.0. The smallest absolute Gasteiger partial charge is 0.411 e. The summed E-state index contributed by atoms with van der Waals surface area (Å²) in [6, 6.07) is 33.8. The highest BCUT2D eigenvalue weighted by atomic mass is 28.4. The van der Waals surface area contributed by atoms with E-state index in [1.165, 1.54) is 17.2 Å². The molecule has 4 aromatic carbocycles.